The van der Waals surface area contributed by atoms with Gasteiger partial charge < -0.3 is 15.1 Å². The van der Waals surface area contributed by atoms with Gasteiger partial charge in [0.05, 0.1) is 0 Å². The molecule has 1 N–H and O–H groups in total. The minimum absolute atomic E-state index is 0.00834. The van der Waals surface area contributed by atoms with E-state index in [-0.39, 0.29) is 23.9 Å². The lowest BCUT2D eigenvalue weighted by Crippen LogP contribution is -2.48. The van der Waals surface area contributed by atoms with Crippen molar-refractivity contribution in [3.8, 4) is 0 Å². The number of piperidine rings is 1. The van der Waals surface area contributed by atoms with E-state index in [4.69, 9.17) is 11.6 Å². The molecule has 0 radical (unpaired) electrons. The lowest BCUT2D eigenvalue weighted by atomic mass is 10.0. The molecule has 6 heteroatoms. The smallest absolute Gasteiger partial charge is 0.317 e. The number of amides is 3. The van der Waals surface area contributed by atoms with Gasteiger partial charge in [0.25, 0.3) is 0 Å². The number of urea groups is 1. The van der Waals surface area contributed by atoms with Crippen LogP contribution in [0.5, 0.6) is 0 Å². The zero-order chi connectivity index (χ0) is 11.5. The summed E-state index contributed by atoms with van der Waals surface area (Å²) in [7, 11) is 0. The van der Waals surface area contributed by atoms with E-state index in [0.29, 0.717) is 13.1 Å². The van der Waals surface area contributed by atoms with E-state index in [0.717, 1.165) is 25.9 Å². The first-order valence-corrected chi connectivity index (χ1v) is 6.14. The molecule has 0 aromatic heterocycles. The molecule has 2 aliphatic heterocycles. The molecule has 2 aliphatic rings. The second kappa shape index (κ2) is 4.91. The number of carbonyl (C=O) groups excluding carboxylic acids is 2. The molecule has 0 spiro atoms. The van der Waals surface area contributed by atoms with E-state index in [2.05, 4.69) is 5.32 Å². The Kier molecular flexibility index (Phi) is 3.53. The van der Waals surface area contributed by atoms with Crippen LogP contribution in [0, 0.1) is 0 Å². The summed E-state index contributed by atoms with van der Waals surface area (Å²) in [4.78, 5) is 26.5. The fourth-order valence-electron chi connectivity index (χ4n) is 2.35. The normalized spacial score (nSPS) is 22.4. The third kappa shape index (κ3) is 2.24. The number of hydrogen-bond donors (Lipinski definition) is 1. The molecule has 5 nitrogen and oxygen atoms in total. The monoisotopic (exact) mass is 245 g/mol. The Morgan fingerprint density at radius 1 is 1.38 bits per heavy atom. The summed E-state index contributed by atoms with van der Waals surface area (Å²) < 4.78 is 0. The van der Waals surface area contributed by atoms with E-state index in [1.54, 1.807) is 4.90 Å². The van der Waals surface area contributed by atoms with E-state index < -0.39 is 0 Å². The Labute approximate surface area is 99.7 Å². The van der Waals surface area contributed by atoms with Crippen molar-refractivity contribution in [3.63, 3.8) is 0 Å². The quantitative estimate of drug-likeness (QED) is 0.709. The summed E-state index contributed by atoms with van der Waals surface area (Å²) in [6.07, 6.45) is 1.71. The minimum Gasteiger partial charge on any atom is -0.342 e. The highest BCUT2D eigenvalue weighted by Crippen LogP contribution is 2.18. The zero-order valence-electron chi connectivity index (χ0n) is 9.12. The van der Waals surface area contributed by atoms with Crippen molar-refractivity contribution in [1.82, 2.24) is 15.1 Å². The fraction of sp³-hybridized carbons (Fsp3) is 0.800. The van der Waals surface area contributed by atoms with Gasteiger partial charge in [0, 0.05) is 32.2 Å². The summed E-state index contributed by atoms with van der Waals surface area (Å²) in [5.41, 5.74) is 0. The van der Waals surface area contributed by atoms with Gasteiger partial charge in [-0.1, -0.05) is 0 Å². The molecule has 16 heavy (non-hydrogen) atoms. The highest BCUT2D eigenvalue weighted by atomic mass is 35.5. The van der Waals surface area contributed by atoms with Gasteiger partial charge in [-0.05, 0) is 12.8 Å². The Morgan fingerprint density at radius 2 is 2.06 bits per heavy atom. The van der Waals surface area contributed by atoms with Crippen molar-refractivity contribution >= 4 is 23.5 Å². The Balaban J connectivity index is 1.85. The van der Waals surface area contributed by atoms with Crippen LogP contribution in [0.4, 0.5) is 4.79 Å². The number of hydrogen-bond acceptors (Lipinski definition) is 2. The second-order valence-corrected chi connectivity index (χ2v) is 4.44. The van der Waals surface area contributed by atoms with Crippen LogP contribution < -0.4 is 5.32 Å². The molecular weight excluding hydrogens is 230 g/mol. The molecule has 90 valence electrons. The lowest BCUT2D eigenvalue weighted by Gasteiger charge is -2.35. The van der Waals surface area contributed by atoms with E-state index >= 15 is 0 Å². The van der Waals surface area contributed by atoms with Crippen LogP contribution in [0.15, 0.2) is 0 Å². The predicted octanol–water partition coefficient (Wildman–Crippen LogP) is 0.241. The SMILES string of the molecule is O=C(CCl)N1CCC(N2CCNC2=O)CC1. The largest absolute Gasteiger partial charge is 0.342 e. The summed E-state index contributed by atoms with van der Waals surface area (Å²) >= 11 is 5.51. The molecule has 2 heterocycles. The Hall–Kier alpha value is -0.970. The molecule has 3 amide bonds. The molecule has 2 rings (SSSR count). The maximum absolute atomic E-state index is 11.5. The zero-order valence-corrected chi connectivity index (χ0v) is 9.87. The maximum atomic E-state index is 11.5. The van der Waals surface area contributed by atoms with Crippen LogP contribution in [0.2, 0.25) is 0 Å². The van der Waals surface area contributed by atoms with Gasteiger partial charge in [0.2, 0.25) is 5.91 Å². The highest BCUT2D eigenvalue weighted by molar-refractivity contribution is 6.27. The molecule has 2 fully saturated rings. The Bertz CT molecular complexity index is 290. The van der Waals surface area contributed by atoms with E-state index in [1.807, 2.05) is 4.90 Å². The predicted molar refractivity (Wildman–Crippen MR) is 60.4 cm³/mol. The van der Waals surface area contributed by atoms with Gasteiger partial charge in [0.15, 0.2) is 0 Å². The standard InChI is InChI=1S/C10H16ClN3O2/c11-7-9(15)13-4-1-8(2-5-13)14-6-3-12-10(14)16/h8H,1-7H2,(H,12,16). The molecule has 0 unspecified atom stereocenters. The third-order valence-corrected chi connectivity index (χ3v) is 3.49. The van der Waals surface area contributed by atoms with Gasteiger partial charge in [-0.2, -0.15) is 0 Å². The van der Waals surface area contributed by atoms with Crippen LogP contribution in [-0.4, -0.2) is 59.8 Å². The van der Waals surface area contributed by atoms with Crippen LogP contribution >= 0.6 is 11.6 Å². The topological polar surface area (TPSA) is 52.7 Å². The van der Waals surface area contributed by atoms with Gasteiger partial charge in [-0.3, -0.25) is 4.79 Å². The number of nitrogens with zero attached hydrogens (tertiary/aromatic N) is 2. The van der Waals surface area contributed by atoms with Gasteiger partial charge in [-0.25, -0.2) is 4.79 Å². The van der Waals surface area contributed by atoms with E-state index in [1.165, 1.54) is 0 Å². The fourth-order valence-corrected chi connectivity index (χ4v) is 2.52. The highest BCUT2D eigenvalue weighted by Gasteiger charge is 2.31. The summed E-state index contributed by atoms with van der Waals surface area (Å²) in [5.74, 6) is 0.0421. The summed E-state index contributed by atoms with van der Waals surface area (Å²) in [6.45, 7) is 2.94. The average Bonchev–Trinajstić information content (AvgIpc) is 2.75. The van der Waals surface area contributed by atoms with Crippen molar-refractivity contribution in [2.24, 2.45) is 0 Å². The van der Waals surface area contributed by atoms with Crippen molar-refractivity contribution < 1.29 is 9.59 Å². The van der Waals surface area contributed by atoms with Gasteiger partial charge in [0.1, 0.15) is 5.88 Å². The number of halogens is 1. The number of alkyl halides is 1. The van der Waals surface area contributed by atoms with Crippen LogP contribution in [0.1, 0.15) is 12.8 Å². The van der Waals surface area contributed by atoms with E-state index in [9.17, 15) is 9.59 Å². The molecule has 0 aromatic rings. The van der Waals surface area contributed by atoms with Gasteiger partial charge >= 0.3 is 6.03 Å². The second-order valence-electron chi connectivity index (χ2n) is 4.17. The molecule has 0 atom stereocenters. The average molecular weight is 246 g/mol. The minimum atomic E-state index is -0.00834. The third-order valence-electron chi connectivity index (χ3n) is 3.26. The van der Waals surface area contributed by atoms with Crippen molar-refractivity contribution in [2.75, 3.05) is 32.1 Å². The van der Waals surface area contributed by atoms with Crippen molar-refractivity contribution in [3.05, 3.63) is 0 Å². The lowest BCUT2D eigenvalue weighted by molar-refractivity contribution is -0.129. The molecular formula is C10H16ClN3O2. The Morgan fingerprint density at radius 3 is 2.56 bits per heavy atom. The first-order valence-electron chi connectivity index (χ1n) is 5.60. The maximum Gasteiger partial charge on any atom is 0.317 e. The first-order chi connectivity index (χ1) is 7.72. The number of rotatable bonds is 2. The van der Waals surface area contributed by atoms with Crippen LogP contribution in [-0.2, 0) is 4.79 Å². The molecule has 2 saturated heterocycles. The molecule has 0 bridgehead atoms. The van der Waals surface area contributed by atoms with Gasteiger partial charge in [-0.15, -0.1) is 11.6 Å². The summed E-state index contributed by atoms with van der Waals surface area (Å²) in [5, 5.41) is 2.80. The van der Waals surface area contributed by atoms with Crippen molar-refractivity contribution in [1.29, 1.82) is 0 Å². The summed E-state index contributed by atoms with van der Waals surface area (Å²) in [6, 6.07) is 0.309. The van der Waals surface area contributed by atoms with Crippen LogP contribution in [0.3, 0.4) is 0 Å². The molecule has 0 saturated carbocycles. The van der Waals surface area contributed by atoms with Crippen molar-refractivity contribution in [2.45, 2.75) is 18.9 Å². The van der Waals surface area contributed by atoms with Crippen LogP contribution in [0.25, 0.3) is 0 Å². The molecule has 0 aliphatic carbocycles. The number of likely N-dealkylation sites (tertiary alicyclic amines) is 1. The number of nitrogens with one attached hydrogen (secondary N) is 1. The number of carbonyl (C=O) groups is 2. The first kappa shape index (κ1) is 11.5. The molecule has 0 aromatic carbocycles.